The Morgan fingerprint density at radius 2 is 2.11 bits per heavy atom. The molecule has 1 saturated heterocycles. The van der Waals surface area contributed by atoms with E-state index in [-0.39, 0.29) is 0 Å². The van der Waals surface area contributed by atoms with Crippen LogP contribution in [-0.2, 0) is 0 Å². The predicted molar refractivity (Wildman–Crippen MR) is 79.6 cm³/mol. The first kappa shape index (κ1) is 14.4. The third-order valence-corrected chi connectivity index (χ3v) is 3.78. The van der Waals surface area contributed by atoms with E-state index in [9.17, 15) is 0 Å². The standard InChI is InChI=1S/C16H26N2O/c1-14(2)16-13-17-9-6-10-18(16)11-12-19-15-7-4-3-5-8-15/h3-5,7-8,14,16-17H,6,9-13H2,1-2H3. The minimum absolute atomic E-state index is 0.627. The van der Waals surface area contributed by atoms with Crippen LogP contribution in [0.4, 0.5) is 0 Å². The molecule has 1 aromatic carbocycles. The zero-order valence-corrected chi connectivity index (χ0v) is 12.1. The van der Waals surface area contributed by atoms with Gasteiger partial charge < -0.3 is 10.1 Å². The Morgan fingerprint density at radius 1 is 1.32 bits per heavy atom. The molecule has 1 unspecified atom stereocenters. The summed E-state index contributed by atoms with van der Waals surface area (Å²) in [6.07, 6.45) is 1.23. The minimum atomic E-state index is 0.627. The van der Waals surface area contributed by atoms with Gasteiger partial charge in [-0.2, -0.15) is 0 Å². The summed E-state index contributed by atoms with van der Waals surface area (Å²) in [4.78, 5) is 2.58. The number of ether oxygens (including phenoxy) is 1. The van der Waals surface area contributed by atoms with Gasteiger partial charge in [0.25, 0.3) is 0 Å². The summed E-state index contributed by atoms with van der Waals surface area (Å²) in [5.74, 6) is 1.65. The molecular formula is C16H26N2O. The summed E-state index contributed by atoms with van der Waals surface area (Å²) in [7, 11) is 0. The molecule has 3 nitrogen and oxygen atoms in total. The van der Waals surface area contributed by atoms with Crippen LogP contribution in [0.3, 0.4) is 0 Å². The van der Waals surface area contributed by atoms with Gasteiger partial charge in [-0.05, 0) is 37.6 Å². The predicted octanol–water partition coefficient (Wildman–Crippen LogP) is 2.39. The number of hydrogen-bond acceptors (Lipinski definition) is 3. The van der Waals surface area contributed by atoms with Crippen LogP contribution in [0.2, 0.25) is 0 Å². The Morgan fingerprint density at radius 3 is 2.84 bits per heavy atom. The molecule has 3 heteroatoms. The zero-order valence-electron chi connectivity index (χ0n) is 12.1. The van der Waals surface area contributed by atoms with Crippen molar-refractivity contribution in [2.24, 2.45) is 5.92 Å². The third-order valence-electron chi connectivity index (χ3n) is 3.78. The summed E-state index contributed by atoms with van der Waals surface area (Å²) in [6, 6.07) is 10.7. The molecule has 0 spiro atoms. The molecular weight excluding hydrogens is 236 g/mol. The molecule has 2 rings (SSSR count). The molecule has 0 saturated carbocycles. The number of nitrogens with one attached hydrogen (secondary N) is 1. The van der Waals surface area contributed by atoms with Crippen molar-refractivity contribution in [3.05, 3.63) is 30.3 Å². The van der Waals surface area contributed by atoms with Crippen molar-refractivity contribution in [3.8, 4) is 5.75 Å². The average Bonchev–Trinajstić information content (AvgIpc) is 2.65. The van der Waals surface area contributed by atoms with Crippen LogP contribution in [0.15, 0.2) is 30.3 Å². The summed E-state index contributed by atoms with van der Waals surface area (Å²) in [5.41, 5.74) is 0. The quantitative estimate of drug-likeness (QED) is 0.882. The van der Waals surface area contributed by atoms with E-state index in [0.29, 0.717) is 12.0 Å². The highest BCUT2D eigenvalue weighted by Gasteiger charge is 2.23. The van der Waals surface area contributed by atoms with E-state index in [0.717, 1.165) is 32.0 Å². The lowest BCUT2D eigenvalue weighted by Gasteiger charge is -2.32. The second kappa shape index (κ2) is 7.51. The highest BCUT2D eigenvalue weighted by Crippen LogP contribution is 2.14. The van der Waals surface area contributed by atoms with Gasteiger partial charge in [0.15, 0.2) is 0 Å². The average molecular weight is 262 g/mol. The van der Waals surface area contributed by atoms with Crippen LogP contribution in [0.25, 0.3) is 0 Å². The molecule has 0 radical (unpaired) electrons. The van der Waals surface area contributed by atoms with E-state index in [1.54, 1.807) is 0 Å². The van der Waals surface area contributed by atoms with Crippen LogP contribution in [0.1, 0.15) is 20.3 Å². The molecule has 1 N–H and O–H groups in total. The van der Waals surface area contributed by atoms with E-state index in [2.05, 4.69) is 24.1 Å². The minimum Gasteiger partial charge on any atom is -0.492 e. The number of benzene rings is 1. The largest absolute Gasteiger partial charge is 0.492 e. The smallest absolute Gasteiger partial charge is 0.119 e. The molecule has 0 aliphatic carbocycles. The first-order valence-electron chi connectivity index (χ1n) is 7.40. The zero-order chi connectivity index (χ0) is 13.5. The first-order chi connectivity index (χ1) is 9.27. The van der Waals surface area contributed by atoms with E-state index >= 15 is 0 Å². The molecule has 106 valence electrons. The fraction of sp³-hybridized carbons (Fsp3) is 0.625. The summed E-state index contributed by atoms with van der Waals surface area (Å²) in [5, 5.41) is 3.53. The van der Waals surface area contributed by atoms with Gasteiger partial charge in [0, 0.05) is 19.1 Å². The maximum Gasteiger partial charge on any atom is 0.119 e. The Labute approximate surface area is 116 Å². The Bertz CT molecular complexity index is 353. The van der Waals surface area contributed by atoms with Crippen molar-refractivity contribution in [3.63, 3.8) is 0 Å². The van der Waals surface area contributed by atoms with Crippen molar-refractivity contribution in [1.29, 1.82) is 0 Å². The Kier molecular flexibility index (Phi) is 5.67. The maximum absolute atomic E-state index is 5.82. The second-order valence-corrected chi connectivity index (χ2v) is 5.57. The maximum atomic E-state index is 5.82. The van der Waals surface area contributed by atoms with Crippen molar-refractivity contribution in [2.45, 2.75) is 26.3 Å². The van der Waals surface area contributed by atoms with Crippen LogP contribution in [-0.4, -0.2) is 43.7 Å². The first-order valence-corrected chi connectivity index (χ1v) is 7.40. The summed E-state index contributed by atoms with van der Waals surface area (Å²) >= 11 is 0. The fourth-order valence-corrected chi connectivity index (χ4v) is 2.68. The van der Waals surface area contributed by atoms with Gasteiger partial charge in [0.05, 0.1) is 0 Å². The SMILES string of the molecule is CC(C)C1CNCCCN1CCOc1ccccc1. The topological polar surface area (TPSA) is 24.5 Å². The molecule has 0 bridgehead atoms. The van der Waals surface area contributed by atoms with Crippen molar-refractivity contribution in [1.82, 2.24) is 10.2 Å². The second-order valence-electron chi connectivity index (χ2n) is 5.57. The highest BCUT2D eigenvalue weighted by atomic mass is 16.5. The lowest BCUT2D eigenvalue weighted by atomic mass is 10.0. The molecule has 1 fully saturated rings. The van der Waals surface area contributed by atoms with Gasteiger partial charge in [-0.3, -0.25) is 4.90 Å². The van der Waals surface area contributed by atoms with E-state index in [1.807, 2.05) is 30.3 Å². The molecule has 0 amide bonds. The lowest BCUT2D eigenvalue weighted by molar-refractivity contribution is 0.138. The molecule has 1 atom stereocenters. The van der Waals surface area contributed by atoms with Gasteiger partial charge in [-0.1, -0.05) is 32.0 Å². The molecule has 1 aliphatic rings. The van der Waals surface area contributed by atoms with Crippen LogP contribution in [0, 0.1) is 5.92 Å². The summed E-state index contributed by atoms with van der Waals surface area (Å²) in [6.45, 7) is 9.81. The Balaban J connectivity index is 1.82. The number of nitrogens with zero attached hydrogens (tertiary/aromatic N) is 1. The van der Waals surface area contributed by atoms with Crippen LogP contribution in [0.5, 0.6) is 5.75 Å². The molecule has 0 aromatic heterocycles. The molecule has 1 aliphatic heterocycles. The van der Waals surface area contributed by atoms with Crippen molar-refractivity contribution in [2.75, 3.05) is 32.8 Å². The van der Waals surface area contributed by atoms with Gasteiger partial charge in [-0.25, -0.2) is 0 Å². The van der Waals surface area contributed by atoms with E-state index in [1.165, 1.54) is 13.0 Å². The lowest BCUT2D eigenvalue weighted by Crippen LogP contribution is -2.45. The van der Waals surface area contributed by atoms with Crippen LogP contribution < -0.4 is 10.1 Å². The monoisotopic (exact) mass is 262 g/mol. The number of para-hydroxylation sites is 1. The Hall–Kier alpha value is -1.06. The normalized spacial score (nSPS) is 21.3. The highest BCUT2D eigenvalue weighted by molar-refractivity contribution is 5.20. The van der Waals surface area contributed by atoms with Gasteiger partial charge in [-0.15, -0.1) is 0 Å². The molecule has 19 heavy (non-hydrogen) atoms. The molecule has 1 aromatic rings. The van der Waals surface area contributed by atoms with Gasteiger partial charge in [0.1, 0.15) is 12.4 Å². The van der Waals surface area contributed by atoms with Crippen molar-refractivity contribution >= 4 is 0 Å². The summed E-state index contributed by atoms with van der Waals surface area (Å²) < 4.78 is 5.82. The molecule has 1 heterocycles. The van der Waals surface area contributed by atoms with E-state index < -0.39 is 0 Å². The fourth-order valence-electron chi connectivity index (χ4n) is 2.68. The third kappa shape index (κ3) is 4.51. The number of rotatable bonds is 5. The number of hydrogen-bond donors (Lipinski definition) is 1. The van der Waals surface area contributed by atoms with Gasteiger partial charge in [0.2, 0.25) is 0 Å². The van der Waals surface area contributed by atoms with E-state index in [4.69, 9.17) is 4.74 Å². The van der Waals surface area contributed by atoms with Crippen molar-refractivity contribution < 1.29 is 4.74 Å². The van der Waals surface area contributed by atoms with Gasteiger partial charge >= 0.3 is 0 Å². The van der Waals surface area contributed by atoms with Crippen LogP contribution >= 0.6 is 0 Å².